The molecule has 0 atom stereocenters. The summed E-state index contributed by atoms with van der Waals surface area (Å²) in [4.78, 5) is 12.0. The number of halogens is 1. The second-order valence-corrected chi connectivity index (χ2v) is 4.58. The molecule has 0 spiro atoms. The standard InChI is InChI=1S/C16H18FN3O2/c1-4-8-18-16(21)14-10-15(20(5-2)19-14)12-7-6-11(22-3)9-13(12)17/h4,6-7,9-10H,1,5,8H2,2-3H3,(H,18,21). The smallest absolute Gasteiger partial charge is 0.272 e. The third kappa shape index (κ3) is 3.16. The second kappa shape index (κ2) is 6.89. The van der Waals surface area contributed by atoms with Crippen molar-refractivity contribution in [3.63, 3.8) is 0 Å². The first-order chi connectivity index (χ1) is 10.6. The fourth-order valence-corrected chi connectivity index (χ4v) is 2.07. The number of nitrogens with one attached hydrogen (secondary N) is 1. The van der Waals surface area contributed by atoms with E-state index in [1.807, 2.05) is 6.92 Å². The van der Waals surface area contributed by atoms with E-state index < -0.39 is 5.82 Å². The van der Waals surface area contributed by atoms with Gasteiger partial charge in [0.2, 0.25) is 0 Å². The minimum Gasteiger partial charge on any atom is -0.497 e. The molecule has 0 fully saturated rings. The molecule has 5 nitrogen and oxygen atoms in total. The predicted molar refractivity (Wildman–Crippen MR) is 82.4 cm³/mol. The number of nitrogens with zero attached hydrogens (tertiary/aromatic N) is 2. The molecule has 1 N–H and O–H groups in total. The highest BCUT2D eigenvalue weighted by molar-refractivity contribution is 5.93. The van der Waals surface area contributed by atoms with Gasteiger partial charge in [-0.15, -0.1) is 6.58 Å². The number of aryl methyl sites for hydroxylation is 1. The maximum absolute atomic E-state index is 14.2. The Kier molecular flexibility index (Phi) is 4.93. The van der Waals surface area contributed by atoms with Crippen LogP contribution in [0.3, 0.4) is 0 Å². The molecule has 1 aromatic heterocycles. The molecule has 0 aliphatic carbocycles. The van der Waals surface area contributed by atoms with Crippen molar-refractivity contribution in [1.29, 1.82) is 0 Å². The first kappa shape index (κ1) is 15.8. The Morgan fingerprint density at radius 1 is 1.50 bits per heavy atom. The maximum Gasteiger partial charge on any atom is 0.272 e. The molecule has 0 radical (unpaired) electrons. The van der Waals surface area contributed by atoms with Gasteiger partial charge < -0.3 is 10.1 Å². The molecule has 0 bridgehead atoms. The lowest BCUT2D eigenvalue weighted by Crippen LogP contribution is -2.23. The van der Waals surface area contributed by atoms with Crippen LogP contribution in [0.15, 0.2) is 36.9 Å². The highest BCUT2D eigenvalue weighted by Gasteiger charge is 2.17. The van der Waals surface area contributed by atoms with E-state index >= 15 is 0 Å². The van der Waals surface area contributed by atoms with Crippen molar-refractivity contribution in [3.8, 4) is 17.0 Å². The van der Waals surface area contributed by atoms with Crippen molar-refractivity contribution < 1.29 is 13.9 Å². The zero-order chi connectivity index (χ0) is 16.1. The van der Waals surface area contributed by atoms with Crippen molar-refractivity contribution in [2.45, 2.75) is 13.5 Å². The number of ether oxygens (including phenoxy) is 1. The summed E-state index contributed by atoms with van der Waals surface area (Å²) in [5, 5.41) is 6.87. The van der Waals surface area contributed by atoms with Gasteiger partial charge in [-0.3, -0.25) is 9.48 Å². The van der Waals surface area contributed by atoms with Crippen LogP contribution in [0.2, 0.25) is 0 Å². The van der Waals surface area contributed by atoms with Crippen molar-refractivity contribution in [2.24, 2.45) is 0 Å². The largest absolute Gasteiger partial charge is 0.497 e. The van der Waals surface area contributed by atoms with E-state index in [0.29, 0.717) is 30.1 Å². The number of carbonyl (C=O) groups is 1. The third-order valence-corrected chi connectivity index (χ3v) is 3.17. The van der Waals surface area contributed by atoms with Crippen LogP contribution in [0.4, 0.5) is 4.39 Å². The number of carbonyl (C=O) groups excluding carboxylic acids is 1. The molecule has 1 amide bonds. The topological polar surface area (TPSA) is 56.1 Å². The predicted octanol–water partition coefficient (Wildman–Crippen LogP) is 2.63. The number of hydrogen-bond acceptors (Lipinski definition) is 3. The summed E-state index contributed by atoms with van der Waals surface area (Å²) >= 11 is 0. The minimum atomic E-state index is -0.424. The van der Waals surface area contributed by atoms with Gasteiger partial charge in [0.25, 0.3) is 5.91 Å². The number of hydrogen-bond donors (Lipinski definition) is 1. The van der Waals surface area contributed by atoms with E-state index in [9.17, 15) is 9.18 Å². The average molecular weight is 303 g/mol. The summed E-state index contributed by atoms with van der Waals surface area (Å²) in [5.74, 6) is -0.304. The molecule has 0 aliphatic heterocycles. The van der Waals surface area contributed by atoms with Crippen LogP contribution in [0.1, 0.15) is 17.4 Å². The summed E-state index contributed by atoms with van der Waals surface area (Å²) in [7, 11) is 1.48. The molecule has 2 rings (SSSR count). The van der Waals surface area contributed by atoms with Gasteiger partial charge >= 0.3 is 0 Å². The lowest BCUT2D eigenvalue weighted by molar-refractivity contribution is 0.0952. The molecule has 22 heavy (non-hydrogen) atoms. The number of methoxy groups -OCH3 is 1. The molecule has 116 valence electrons. The molecular formula is C16H18FN3O2. The molecule has 0 unspecified atom stereocenters. The summed E-state index contributed by atoms with van der Waals surface area (Å²) in [6.45, 7) is 6.29. The number of rotatable bonds is 6. The van der Waals surface area contributed by atoms with E-state index in [1.165, 1.54) is 13.2 Å². The van der Waals surface area contributed by atoms with Crippen LogP contribution in [-0.2, 0) is 6.54 Å². The molecule has 0 saturated heterocycles. The fraction of sp³-hybridized carbons (Fsp3) is 0.250. The minimum absolute atomic E-state index is 0.244. The molecule has 2 aromatic rings. The van der Waals surface area contributed by atoms with Crippen LogP contribution in [0.5, 0.6) is 5.75 Å². The maximum atomic E-state index is 14.2. The fourth-order valence-electron chi connectivity index (χ4n) is 2.07. The monoisotopic (exact) mass is 303 g/mol. The van der Waals surface area contributed by atoms with Gasteiger partial charge in [0.15, 0.2) is 5.69 Å². The molecule has 1 heterocycles. The third-order valence-electron chi connectivity index (χ3n) is 3.17. The quantitative estimate of drug-likeness (QED) is 0.835. The van der Waals surface area contributed by atoms with Crippen LogP contribution in [0.25, 0.3) is 11.3 Å². The van der Waals surface area contributed by atoms with Crippen molar-refractivity contribution in [3.05, 3.63) is 48.4 Å². The van der Waals surface area contributed by atoms with E-state index in [-0.39, 0.29) is 11.6 Å². The SMILES string of the molecule is C=CCNC(=O)c1cc(-c2ccc(OC)cc2F)n(CC)n1. The highest BCUT2D eigenvalue weighted by atomic mass is 19.1. The number of amides is 1. The van der Waals surface area contributed by atoms with Gasteiger partial charge in [-0.1, -0.05) is 6.08 Å². The Morgan fingerprint density at radius 3 is 2.86 bits per heavy atom. The van der Waals surface area contributed by atoms with E-state index in [2.05, 4.69) is 17.0 Å². The summed E-state index contributed by atoms with van der Waals surface area (Å²) in [6, 6.07) is 6.16. The van der Waals surface area contributed by atoms with Crippen molar-refractivity contribution in [2.75, 3.05) is 13.7 Å². The number of aromatic nitrogens is 2. The lowest BCUT2D eigenvalue weighted by Gasteiger charge is -2.07. The van der Waals surface area contributed by atoms with Crippen molar-refractivity contribution >= 4 is 5.91 Å². The molecule has 1 aromatic carbocycles. The summed E-state index contributed by atoms with van der Waals surface area (Å²) in [5.41, 5.74) is 1.17. The lowest BCUT2D eigenvalue weighted by atomic mass is 10.1. The van der Waals surface area contributed by atoms with Crippen LogP contribution in [-0.4, -0.2) is 29.3 Å². The summed E-state index contributed by atoms with van der Waals surface area (Å²) < 4.78 is 20.8. The highest BCUT2D eigenvalue weighted by Crippen LogP contribution is 2.27. The zero-order valence-corrected chi connectivity index (χ0v) is 12.6. The first-order valence-corrected chi connectivity index (χ1v) is 6.91. The zero-order valence-electron chi connectivity index (χ0n) is 12.6. The van der Waals surface area contributed by atoms with Gasteiger partial charge in [-0.2, -0.15) is 5.10 Å². The Morgan fingerprint density at radius 2 is 2.27 bits per heavy atom. The van der Waals surface area contributed by atoms with E-state index in [4.69, 9.17) is 4.74 Å². The molecule has 0 aliphatic rings. The van der Waals surface area contributed by atoms with E-state index in [0.717, 1.165) is 0 Å². The van der Waals surface area contributed by atoms with Gasteiger partial charge in [-0.25, -0.2) is 4.39 Å². The first-order valence-electron chi connectivity index (χ1n) is 6.91. The van der Waals surface area contributed by atoms with Crippen LogP contribution in [0, 0.1) is 5.82 Å². The Hall–Kier alpha value is -2.63. The number of benzene rings is 1. The Bertz CT molecular complexity index is 695. The molecular weight excluding hydrogens is 285 g/mol. The Labute approximate surface area is 128 Å². The van der Waals surface area contributed by atoms with Gasteiger partial charge in [0.1, 0.15) is 11.6 Å². The van der Waals surface area contributed by atoms with Crippen molar-refractivity contribution in [1.82, 2.24) is 15.1 Å². The van der Waals surface area contributed by atoms with E-state index in [1.54, 1.807) is 29.0 Å². The Balaban J connectivity index is 2.40. The van der Waals surface area contributed by atoms with Crippen LogP contribution >= 0.6 is 0 Å². The second-order valence-electron chi connectivity index (χ2n) is 4.58. The molecule has 6 heteroatoms. The van der Waals surface area contributed by atoms with Gasteiger partial charge in [0.05, 0.1) is 12.8 Å². The van der Waals surface area contributed by atoms with Gasteiger partial charge in [-0.05, 0) is 25.1 Å². The molecule has 0 saturated carbocycles. The average Bonchev–Trinajstić information content (AvgIpc) is 2.96. The summed E-state index contributed by atoms with van der Waals surface area (Å²) in [6.07, 6.45) is 1.58. The normalized spacial score (nSPS) is 10.3. The van der Waals surface area contributed by atoms with Crippen LogP contribution < -0.4 is 10.1 Å². The van der Waals surface area contributed by atoms with Gasteiger partial charge in [0, 0.05) is 24.7 Å².